The van der Waals surface area contributed by atoms with Crippen LogP contribution in [-0.2, 0) is 0 Å². The summed E-state index contributed by atoms with van der Waals surface area (Å²) in [6, 6.07) is 8.30. The summed E-state index contributed by atoms with van der Waals surface area (Å²) in [5.74, 6) is 0.880. The number of aromatic nitrogens is 1. The minimum Gasteiger partial charge on any atom is -0.497 e. The average molecular weight is 248 g/mol. The summed E-state index contributed by atoms with van der Waals surface area (Å²) in [6.45, 7) is 2.04. The van der Waals surface area contributed by atoms with Gasteiger partial charge in [0.25, 0.3) is 0 Å². The van der Waals surface area contributed by atoms with Gasteiger partial charge in [-0.15, -0.1) is 11.3 Å². The molecule has 0 amide bonds. The number of benzene rings is 1. The van der Waals surface area contributed by atoms with Crippen molar-refractivity contribution < 1.29 is 4.74 Å². The van der Waals surface area contributed by atoms with Crippen molar-refractivity contribution in [1.82, 2.24) is 10.3 Å². The highest BCUT2D eigenvalue weighted by Gasteiger charge is 2.16. The van der Waals surface area contributed by atoms with E-state index in [1.807, 2.05) is 31.6 Å². The van der Waals surface area contributed by atoms with Crippen LogP contribution in [0.1, 0.15) is 22.2 Å². The van der Waals surface area contributed by atoms with Gasteiger partial charge in [-0.2, -0.15) is 0 Å². The average Bonchev–Trinajstić information content (AvgIpc) is 2.77. The molecule has 0 bridgehead atoms. The Kier molecular flexibility index (Phi) is 3.76. The Balaban J connectivity index is 2.38. The van der Waals surface area contributed by atoms with Crippen molar-refractivity contribution >= 4 is 11.3 Å². The van der Waals surface area contributed by atoms with Gasteiger partial charge >= 0.3 is 0 Å². The first kappa shape index (κ1) is 12.1. The van der Waals surface area contributed by atoms with Crippen molar-refractivity contribution in [2.24, 2.45) is 0 Å². The maximum Gasteiger partial charge on any atom is 0.119 e. The van der Waals surface area contributed by atoms with E-state index < -0.39 is 0 Å². The molecule has 0 radical (unpaired) electrons. The summed E-state index contributed by atoms with van der Waals surface area (Å²) in [5, 5.41) is 3.33. The zero-order valence-corrected chi connectivity index (χ0v) is 11.0. The molecule has 1 atom stereocenters. The van der Waals surface area contributed by atoms with Crippen LogP contribution in [-0.4, -0.2) is 19.1 Å². The molecule has 90 valence electrons. The van der Waals surface area contributed by atoms with E-state index in [1.165, 1.54) is 10.4 Å². The van der Waals surface area contributed by atoms with Crippen LogP contribution in [0.2, 0.25) is 0 Å². The molecular formula is C13H16N2OS. The third kappa shape index (κ3) is 2.48. The van der Waals surface area contributed by atoms with E-state index in [0.29, 0.717) is 0 Å². The Morgan fingerprint density at radius 1 is 1.41 bits per heavy atom. The van der Waals surface area contributed by atoms with Gasteiger partial charge in [0.2, 0.25) is 0 Å². The third-order valence-corrected chi connectivity index (χ3v) is 3.76. The van der Waals surface area contributed by atoms with E-state index in [0.717, 1.165) is 11.4 Å². The molecule has 2 aromatic rings. The SMILES string of the molecule is CNC(c1cccc(OC)c1)c1scnc1C. The zero-order chi connectivity index (χ0) is 12.3. The predicted molar refractivity (Wildman–Crippen MR) is 70.7 cm³/mol. The highest BCUT2D eigenvalue weighted by molar-refractivity contribution is 7.09. The molecule has 0 aliphatic heterocycles. The van der Waals surface area contributed by atoms with Gasteiger partial charge in [-0.3, -0.25) is 0 Å². The molecule has 1 heterocycles. The number of hydrogen-bond acceptors (Lipinski definition) is 4. The topological polar surface area (TPSA) is 34.1 Å². The molecule has 0 saturated heterocycles. The number of thiazole rings is 1. The second-order valence-electron chi connectivity index (χ2n) is 3.80. The van der Waals surface area contributed by atoms with Crippen LogP contribution in [0.3, 0.4) is 0 Å². The molecule has 0 fully saturated rings. The largest absolute Gasteiger partial charge is 0.497 e. The van der Waals surface area contributed by atoms with E-state index in [2.05, 4.69) is 22.4 Å². The van der Waals surface area contributed by atoms with Crippen LogP contribution >= 0.6 is 11.3 Å². The van der Waals surface area contributed by atoms with E-state index in [1.54, 1.807) is 18.4 Å². The second-order valence-corrected chi connectivity index (χ2v) is 4.69. The van der Waals surface area contributed by atoms with Crippen LogP contribution in [0.25, 0.3) is 0 Å². The normalized spacial score (nSPS) is 12.4. The highest BCUT2D eigenvalue weighted by Crippen LogP contribution is 2.29. The van der Waals surface area contributed by atoms with Crippen LogP contribution in [0.5, 0.6) is 5.75 Å². The Morgan fingerprint density at radius 3 is 2.82 bits per heavy atom. The first-order valence-corrected chi connectivity index (χ1v) is 6.35. The van der Waals surface area contributed by atoms with Crippen LogP contribution < -0.4 is 10.1 Å². The lowest BCUT2D eigenvalue weighted by atomic mass is 10.0. The van der Waals surface area contributed by atoms with Crippen molar-refractivity contribution in [3.63, 3.8) is 0 Å². The van der Waals surface area contributed by atoms with Crippen molar-refractivity contribution in [2.45, 2.75) is 13.0 Å². The summed E-state index contributed by atoms with van der Waals surface area (Å²) in [6.07, 6.45) is 0. The van der Waals surface area contributed by atoms with Gasteiger partial charge in [-0.25, -0.2) is 4.98 Å². The first-order valence-electron chi connectivity index (χ1n) is 5.47. The summed E-state index contributed by atoms with van der Waals surface area (Å²) >= 11 is 1.68. The minimum absolute atomic E-state index is 0.178. The molecule has 0 saturated carbocycles. The molecule has 17 heavy (non-hydrogen) atoms. The summed E-state index contributed by atoms with van der Waals surface area (Å²) < 4.78 is 5.26. The molecule has 2 rings (SSSR count). The van der Waals surface area contributed by atoms with Gasteiger partial charge < -0.3 is 10.1 Å². The number of methoxy groups -OCH3 is 1. The Labute approximate surface area is 105 Å². The van der Waals surface area contributed by atoms with E-state index in [-0.39, 0.29) is 6.04 Å². The van der Waals surface area contributed by atoms with Gasteiger partial charge in [-0.05, 0) is 31.7 Å². The maximum atomic E-state index is 5.26. The molecule has 1 aromatic heterocycles. The van der Waals surface area contributed by atoms with Gasteiger partial charge in [0.15, 0.2) is 0 Å². The maximum absolute atomic E-state index is 5.26. The lowest BCUT2D eigenvalue weighted by Crippen LogP contribution is -2.17. The second kappa shape index (κ2) is 5.29. The Hall–Kier alpha value is -1.39. The van der Waals surface area contributed by atoms with Gasteiger partial charge in [0.1, 0.15) is 5.75 Å². The number of rotatable bonds is 4. The van der Waals surface area contributed by atoms with E-state index in [4.69, 9.17) is 4.74 Å². The molecule has 1 aromatic carbocycles. The summed E-state index contributed by atoms with van der Waals surface area (Å²) in [7, 11) is 3.65. The third-order valence-electron chi connectivity index (χ3n) is 2.76. The molecule has 1 unspecified atom stereocenters. The fourth-order valence-electron chi connectivity index (χ4n) is 1.86. The molecule has 0 spiro atoms. The lowest BCUT2D eigenvalue weighted by Gasteiger charge is -2.16. The smallest absolute Gasteiger partial charge is 0.119 e. The highest BCUT2D eigenvalue weighted by atomic mass is 32.1. The Morgan fingerprint density at radius 2 is 2.24 bits per heavy atom. The first-order chi connectivity index (χ1) is 8.26. The zero-order valence-electron chi connectivity index (χ0n) is 10.2. The summed E-state index contributed by atoms with van der Waals surface area (Å²) in [5.41, 5.74) is 4.16. The summed E-state index contributed by atoms with van der Waals surface area (Å²) in [4.78, 5) is 5.55. The van der Waals surface area contributed by atoms with Gasteiger partial charge in [-0.1, -0.05) is 12.1 Å². The number of nitrogens with one attached hydrogen (secondary N) is 1. The van der Waals surface area contributed by atoms with Crippen molar-refractivity contribution in [3.05, 3.63) is 45.9 Å². The predicted octanol–water partition coefficient (Wildman–Crippen LogP) is 2.77. The Bertz CT molecular complexity index is 496. The lowest BCUT2D eigenvalue weighted by molar-refractivity contribution is 0.414. The number of hydrogen-bond donors (Lipinski definition) is 1. The molecule has 0 aliphatic carbocycles. The number of nitrogens with zero attached hydrogens (tertiary/aromatic N) is 1. The number of aryl methyl sites for hydroxylation is 1. The van der Waals surface area contributed by atoms with Crippen LogP contribution in [0.15, 0.2) is 29.8 Å². The van der Waals surface area contributed by atoms with E-state index in [9.17, 15) is 0 Å². The quantitative estimate of drug-likeness (QED) is 0.903. The minimum atomic E-state index is 0.178. The molecule has 3 nitrogen and oxygen atoms in total. The molecule has 4 heteroatoms. The van der Waals surface area contributed by atoms with Gasteiger partial charge in [0, 0.05) is 4.88 Å². The van der Waals surface area contributed by atoms with Crippen molar-refractivity contribution in [1.29, 1.82) is 0 Å². The standard InChI is InChI=1S/C13H16N2OS/c1-9-13(17-8-15-9)12(14-2)10-5-4-6-11(7-10)16-3/h4-8,12,14H,1-3H3. The fourth-order valence-corrected chi connectivity index (χ4v) is 2.80. The van der Waals surface area contributed by atoms with Crippen molar-refractivity contribution in [2.75, 3.05) is 14.2 Å². The number of ether oxygens (including phenoxy) is 1. The van der Waals surface area contributed by atoms with E-state index >= 15 is 0 Å². The molecule has 0 aliphatic rings. The van der Waals surface area contributed by atoms with Crippen LogP contribution in [0.4, 0.5) is 0 Å². The van der Waals surface area contributed by atoms with Crippen molar-refractivity contribution in [3.8, 4) is 5.75 Å². The van der Waals surface area contributed by atoms with Crippen LogP contribution in [0, 0.1) is 6.92 Å². The molecular weight excluding hydrogens is 232 g/mol. The molecule has 1 N–H and O–H groups in total. The van der Waals surface area contributed by atoms with Gasteiger partial charge in [0.05, 0.1) is 24.4 Å². The fraction of sp³-hybridized carbons (Fsp3) is 0.308. The monoisotopic (exact) mass is 248 g/mol.